The summed E-state index contributed by atoms with van der Waals surface area (Å²) in [5.74, 6) is 0.731. The zero-order chi connectivity index (χ0) is 13.7. The van der Waals surface area contributed by atoms with Gasteiger partial charge in [-0.2, -0.15) is 0 Å². The minimum absolute atomic E-state index is 0. The van der Waals surface area contributed by atoms with E-state index in [9.17, 15) is 4.79 Å². The smallest absolute Gasteiger partial charge is 0.240 e. The number of nitrogens with one attached hydrogen (secondary N) is 1. The van der Waals surface area contributed by atoms with E-state index < -0.39 is 5.54 Å². The predicted octanol–water partition coefficient (Wildman–Crippen LogP) is 2.64. The van der Waals surface area contributed by atoms with Crippen molar-refractivity contribution in [3.8, 4) is 5.75 Å². The molecule has 1 saturated carbocycles. The number of carbonyl (C=O) groups is 1. The number of halogens is 2. The van der Waals surface area contributed by atoms with E-state index in [1.54, 1.807) is 0 Å². The lowest BCUT2D eigenvalue weighted by Gasteiger charge is -2.22. The molecule has 6 heteroatoms. The molecule has 0 aromatic heterocycles. The van der Waals surface area contributed by atoms with Gasteiger partial charge in [0.15, 0.2) is 0 Å². The fourth-order valence-electron chi connectivity index (χ4n) is 2.30. The maximum absolute atomic E-state index is 11.9. The average molecular weight is 364 g/mol. The number of ether oxygens (including phenoxy) is 1. The Balaban J connectivity index is 0.00000200. The van der Waals surface area contributed by atoms with E-state index in [1.165, 1.54) is 0 Å². The number of rotatable bonds is 5. The molecule has 0 bridgehead atoms. The Kier molecular flexibility index (Phi) is 6.79. The normalized spacial score (nSPS) is 16.3. The molecule has 0 aliphatic heterocycles. The maximum atomic E-state index is 11.9. The summed E-state index contributed by atoms with van der Waals surface area (Å²) in [4.78, 5) is 11.9. The Morgan fingerprint density at radius 1 is 1.40 bits per heavy atom. The largest absolute Gasteiger partial charge is 0.492 e. The number of hydrogen-bond donors (Lipinski definition) is 2. The van der Waals surface area contributed by atoms with Gasteiger partial charge in [-0.15, -0.1) is 12.4 Å². The monoisotopic (exact) mass is 362 g/mol. The van der Waals surface area contributed by atoms with Crippen LogP contribution in [0.25, 0.3) is 0 Å². The fourth-order valence-corrected chi connectivity index (χ4v) is 2.68. The highest BCUT2D eigenvalue weighted by Crippen LogP contribution is 2.27. The molecule has 2 rings (SSSR count). The summed E-state index contributed by atoms with van der Waals surface area (Å²) in [5, 5.41) is 2.85. The van der Waals surface area contributed by atoms with Gasteiger partial charge in [-0.1, -0.05) is 34.8 Å². The molecule has 0 unspecified atom stereocenters. The number of benzene rings is 1. The van der Waals surface area contributed by atoms with Crippen molar-refractivity contribution in [1.82, 2.24) is 5.32 Å². The highest BCUT2D eigenvalue weighted by Gasteiger charge is 2.36. The van der Waals surface area contributed by atoms with E-state index in [0.29, 0.717) is 13.2 Å². The van der Waals surface area contributed by atoms with Gasteiger partial charge in [-0.25, -0.2) is 0 Å². The van der Waals surface area contributed by atoms with Gasteiger partial charge < -0.3 is 15.8 Å². The highest BCUT2D eigenvalue weighted by molar-refractivity contribution is 9.10. The van der Waals surface area contributed by atoms with Crippen molar-refractivity contribution in [2.45, 2.75) is 31.2 Å². The molecule has 0 spiro atoms. The van der Waals surface area contributed by atoms with E-state index in [4.69, 9.17) is 10.5 Å². The summed E-state index contributed by atoms with van der Waals surface area (Å²) >= 11 is 3.38. The Morgan fingerprint density at radius 3 is 2.75 bits per heavy atom. The van der Waals surface area contributed by atoms with Gasteiger partial charge in [-0.05, 0) is 31.0 Å². The first kappa shape index (κ1) is 17.3. The maximum Gasteiger partial charge on any atom is 0.240 e. The van der Waals surface area contributed by atoms with Crippen LogP contribution in [0.2, 0.25) is 0 Å². The minimum Gasteiger partial charge on any atom is -0.492 e. The van der Waals surface area contributed by atoms with Crippen LogP contribution in [-0.2, 0) is 4.79 Å². The van der Waals surface area contributed by atoms with Crippen LogP contribution in [0, 0.1) is 0 Å². The van der Waals surface area contributed by atoms with E-state index in [2.05, 4.69) is 21.2 Å². The highest BCUT2D eigenvalue weighted by atomic mass is 79.9. The van der Waals surface area contributed by atoms with Gasteiger partial charge in [0.05, 0.1) is 12.1 Å². The van der Waals surface area contributed by atoms with Crippen molar-refractivity contribution in [1.29, 1.82) is 0 Å². The fraction of sp³-hybridized carbons (Fsp3) is 0.500. The third kappa shape index (κ3) is 4.65. The first-order valence-corrected chi connectivity index (χ1v) is 7.35. The number of amides is 1. The Morgan fingerprint density at radius 2 is 2.10 bits per heavy atom. The summed E-state index contributed by atoms with van der Waals surface area (Å²) < 4.78 is 6.52. The van der Waals surface area contributed by atoms with Crippen molar-refractivity contribution in [3.05, 3.63) is 28.7 Å². The van der Waals surface area contributed by atoms with Gasteiger partial charge in [-0.3, -0.25) is 4.79 Å². The Hall–Kier alpha value is -0.780. The SMILES string of the molecule is Cl.NC1(C(=O)NCCOc2cccc(Br)c2)CCCC1. The molecule has 0 radical (unpaired) electrons. The molecule has 0 heterocycles. The first-order valence-electron chi connectivity index (χ1n) is 6.56. The molecular weight excluding hydrogens is 344 g/mol. The summed E-state index contributed by atoms with van der Waals surface area (Å²) in [6.07, 6.45) is 3.65. The molecule has 112 valence electrons. The Bertz CT molecular complexity index is 451. The van der Waals surface area contributed by atoms with Crippen LogP contribution in [0.4, 0.5) is 0 Å². The molecule has 1 fully saturated rings. The van der Waals surface area contributed by atoms with Crippen LogP contribution < -0.4 is 15.8 Å². The van der Waals surface area contributed by atoms with Gasteiger partial charge in [0, 0.05) is 4.47 Å². The van der Waals surface area contributed by atoms with E-state index in [0.717, 1.165) is 35.9 Å². The molecule has 1 aliphatic carbocycles. The predicted molar refractivity (Wildman–Crippen MR) is 85.3 cm³/mol. The first-order chi connectivity index (χ1) is 9.10. The van der Waals surface area contributed by atoms with E-state index in [1.807, 2.05) is 24.3 Å². The van der Waals surface area contributed by atoms with Crippen molar-refractivity contribution >= 4 is 34.2 Å². The van der Waals surface area contributed by atoms with Crippen molar-refractivity contribution in [2.75, 3.05) is 13.2 Å². The summed E-state index contributed by atoms with van der Waals surface area (Å²) in [5.41, 5.74) is 5.40. The van der Waals surface area contributed by atoms with Gasteiger partial charge >= 0.3 is 0 Å². The number of nitrogens with two attached hydrogens (primary N) is 1. The molecule has 1 aromatic carbocycles. The van der Waals surface area contributed by atoms with Crippen molar-refractivity contribution < 1.29 is 9.53 Å². The van der Waals surface area contributed by atoms with Crippen LogP contribution >= 0.6 is 28.3 Å². The number of hydrogen-bond acceptors (Lipinski definition) is 3. The third-order valence-corrected chi connectivity index (χ3v) is 3.89. The van der Waals surface area contributed by atoms with E-state index in [-0.39, 0.29) is 18.3 Å². The standard InChI is InChI=1S/C14H19BrN2O2.ClH/c15-11-4-3-5-12(10-11)19-9-8-17-13(18)14(16)6-1-2-7-14;/h3-5,10H,1-2,6-9,16H2,(H,17,18);1H. The molecule has 0 saturated heterocycles. The molecule has 1 aromatic rings. The van der Waals surface area contributed by atoms with Crippen LogP contribution in [0.5, 0.6) is 5.75 Å². The summed E-state index contributed by atoms with van der Waals surface area (Å²) in [6, 6.07) is 7.62. The minimum atomic E-state index is -0.657. The summed E-state index contributed by atoms with van der Waals surface area (Å²) in [6.45, 7) is 0.919. The molecule has 1 aliphatic rings. The van der Waals surface area contributed by atoms with Crippen LogP contribution in [0.1, 0.15) is 25.7 Å². The molecule has 0 atom stereocenters. The summed E-state index contributed by atoms with van der Waals surface area (Å²) in [7, 11) is 0. The van der Waals surface area contributed by atoms with Gasteiger partial charge in [0.2, 0.25) is 5.91 Å². The van der Waals surface area contributed by atoms with Crippen molar-refractivity contribution in [3.63, 3.8) is 0 Å². The topological polar surface area (TPSA) is 64.4 Å². The third-order valence-electron chi connectivity index (χ3n) is 3.40. The second-order valence-corrected chi connectivity index (χ2v) is 5.84. The lowest BCUT2D eigenvalue weighted by atomic mass is 9.98. The zero-order valence-electron chi connectivity index (χ0n) is 11.2. The molecular formula is C14H20BrClN2O2. The van der Waals surface area contributed by atoms with Crippen LogP contribution in [0.15, 0.2) is 28.7 Å². The molecule has 1 amide bonds. The van der Waals surface area contributed by atoms with Gasteiger partial charge in [0.1, 0.15) is 12.4 Å². The van der Waals surface area contributed by atoms with Crippen molar-refractivity contribution in [2.24, 2.45) is 5.73 Å². The molecule has 4 nitrogen and oxygen atoms in total. The van der Waals surface area contributed by atoms with Gasteiger partial charge in [0.25, 0.3) is 0 Å². The lowest BCUT2D eigenvalue weighted by molar-refractivity contribution is -0.126. The number of carbonyl (C=O) groups excluding carboxylic acids is 1. The van der Waals surface area contributed by atoms with E-state index >= 15 is 0 Å². The molecule has 20 heavy (non-hydrogen) atoms. The second kappa shape index (κ2) is 7.86. The molecule has 3 N–H and O–H groups in total. The average Bonchev–Trinajstić information content (AvgIpc) is 2.83. The second-order valence-electron chi connectivity index (χ2n) is 4.92. The zero-order valence-corrected chi connectivity index (χ0v) is 13.6. The lowest BCUT2D eigenvalue weighted by Crippen LogP contribution is -2.52. The Labute approximate surface area is 134 Å². The quantitative estimate of drug-likeness (QED) is 0.791. The van der Waals surface area contributed by atoms with Crippen LogP contribution in [-0.4, -0.2) is 24.6 Å². The van der Waals surface area contributed by atoms with Crippen LogP contribution in [0.3, 0.4) is 0 Å².